The predicted octanol–water partition coefficient (Wildman–Crippen LogP) is 4.94. The van der Waals surface area contributed by atoms with Crippen LogP contribution in [0.15, 0.2) is 58.5 Å². The minimum atomic E-state index is -0.130. The quantitative estimate of drug-likeness (QED) is 0.388. The minimum Gasteiger partial charge on any atom is -0.353 e. The third kappa shape index (κ3) is 4.59. The van der Waals surface area contributed by atoms with Crippen LogP contribution in [0.4, 0.5) is 0 Å². The Bertz CT molecular complexity index is 1430. The maximum atomic E-state index is 13.6. The van der Waals surface area contributed by atoms with Gasteiger partial charge >= 0.3 is 0 Å². The molecule has 35 heavy (non-hydrogen) atoms. The van der Waals surface area contributed by atoms with E-state index in [4.69, 9.17) is 0 Å². The predicted molar refractivity (Wildman–Crippen MR) is 140 cm³/mol. The van der Waals surface area contributed by atoms with E-state index in [9.17, 15) is 9.59 Å². The van der Waals surface area contributed by atoms with E-state index >= 15 is 0 Å². The molecule has 7 nitrogen and oxygen atoms in total. The van der Waals surface area contributed by atoms with Crippen molar-refractivity contribution in [2.24, 2.45) is 5.92 Å². The molecule has 1 aliphatic rings. The number of fused-ring (bicyclic) bond motifs is 3. The first-order valence-corrected chi connectivity index (χ1v) is 13.3. The largest absolute Gasteiger partial charge is 0.353 e. The number of aromatic nitrogens is 4. The number of para-hydroxylation sites is 2. The smallest absolute Gasteiger partial charge is 0.267 e. The molecule has 0 saturated heterocycles. The lowest BCUT2D eigenvalue weighted by atomic mass is 9.87. The Balaban J connectivity index is 1.53. The number of nitrogens with zero attached hydrogens (tertiary/aromatic N) is 4. The molecule has 2 aromatic carbocycles. The van der Waals surface area contributed by atoms with E-state index in [1.807, 2.05) is 52.9 Å². The molecule has 8 heteroatoms. The van der Waals surface area contributed by atoms with Crippen molar-refractivity contribution >= 4 is 34.3 Å². The monoisotopic (exact) mass is 489 g/mol. The highest BCUT2D eigenvalue weighted by atomic mass is 32.2. The first-order valence-electron chi connectivity index (χ1n) is 12.3. The zero-order valence-corrected chi connectivity index (χ0v) is 21.2. The Morgan fingerprint density at radius 1 is 1.06 bits per heavy atom. The minimum absolute atomic E-state index is 0.00841. The maximum absolute atomic E-state index is 13.6. The van der Waals surface area contributed by atoms with E-state index in [0.717, 1.165) is 48.4 Å². The molecule has 1 saturated carbocycles. The zero-order chi connectivity index (χ0) is 24.5. The number of hydrogen-bond acceptors (Lipinski definition) is 5. The van der Waals surface area contributed by atoms with E-state index in [1.54, 1.807) is 4.57 Å². The Labute approximate surface area is 208 Å². The summed E-state index contributed by atoms with van der Waals surface area (Å²) in [5.74, 6) is 1.68. The molecule has 0 radical (unpaired) electrons. The van der Waals surface area contributed by atoms with Crippen molar-refractivity contribution < 1.29 is 4.79 Å². The number of hydrogen-bond donors (Lipinski definition) is 1. The van der Waals surface area contributed by atoms with Gasteiger partial charge in [0.25, 0.3) is 5.56 Å². The highest BCUT2D eigenvalue weighted by Gasteiger charge is 2.22. The summed E-state index contributed by atoms with van der Waals surface area (Å²) in [4.78, 5) is 26.4. The summed E-state index contributed by atoms with van der Waals surface area (Å²) in [6, 6.07) is 15.7. The molecule has 0 aliphatic heterocycles. The molecule has 0 spiro atoms. The standard InChI is InChI=1S/C27H31N5O2S/c1-17(2)20-8-4-6-10-22(20)31-25(34)21-9-5-7-11-23(21)32-26(31)29-30-27(32)35-16-24(33)28-19-14-12-18(3)13-15-19/h4-11,17-19H,12-16H2,1-3H3,(H,28,33). The van der Waals surface area contributed by atoms with Gasteiger partial charge in [-0.05, 0) is 61.3 Å². The van der Waals surface area contributed by atoms with Crippen molar-refractivity contribution in [1.29, 1.82) is 0 Å². The van der Waals surface area contributed by atoms with Crippen LogP contribution in [-0.4, -0.2) is 36.9 Å². The van der Waals surface area contributed by atoms with Gasteiger partial charge in [-0.2, -0.15) is 0 Å². The van der Waals surface area contributed by atoms with Crippen molar-refractivity contribution in [2.45, 2.75) is 63.6 Å². The van der Waals surface area contributed by atoms with Gasteiger partial charge in [0.2, 0.25) is 11.7 Å². The van der Waals surface area contributed by atoms with Crippen molar-refractivity contribution in [2.75, 3.05) is 5.75 Å². The molecule has 2 heterocycles. The van der Waals surface area contributed by atoms with Crippen molar-refractivity contribution in [1.82, 2.24) is 24.5 Å². The lowest BCUT2D eigenvalue weighted by Crippen LogP contribution is -2.38. The highest BCUT2D eigenvalue weighted by molar-refractivity contribution is 7.99. The van der Waals surface area contributed by atoms with Gasteiger partial charge in [0.1, 0.15) is 0 Å². The second-order valence-corrected chi connectivity index (χ2v) is 10.7. The molecule has 1 aliphatic carbocycles. The fraction of sp³-hybridized carbons (Fsp3) is 0.407. The SMILES string of the molecule is CC1CCC(NC(=O)CSc2nnc3n(-c4ccccc4C(C)C)c(=O)c4ccccc4n23)CC1. The Kier molecular flexibility index (Phi) is 6.65. The van der Waals surface area contributed by atoms with Gasteiger partial charge in [-0.1, -0.05) is 62.9 Å². The van der Waals surface area contributed by atoms with Crippen molar-refractivity contribution in [3.05, 3.63) is 64.4 Å². The van der Waals surface area contributed by atoms with E-state index in [1.165, 1.54) is 11.8 Å². The molecule has 0 bridgehead atoms. The summed E-state index contributed by atoms with van der Waals surface area (Å²) in [5.41, 5.74) is 2.47. The maximum Gasteiger partial charge on any atom is 0.267 e. The number of rotatable bonds is 6. The number of benzene rings is 2. The van der Waals surface area contributed by atoms with Gasteiger partial charge in [0, 0.05) is 6.04 Å². The van der Waals surface area contributed by atoms with Crippen LogP contribution >= 0.6 is 11.8 Å². The summed E-state index contributed by atoms with van der Waals surface area (Å²) in [6.45, 7) is 6.49. The molecule has 5 rings (SSSR count). The van der Waals surface area contributed by atoms with Crippen LogP contribution in [0.5, 0.6) is 0 Å². The fourth-order valence-corrected chi connectivity index (χ4v) is 5.72. The second kappa shape index (κ2) is 9.85. The molecule has 4 aromatic rings. The molecular weight excluding hydrogens is 458 g/mol. The topological polar surface area (TPSA) is 81.3 Å². The van der Waals surface area contributed by atoms with Crippen LogP contribution < -0.4 is 10.9 Å². The number of carbonyl (C=O) groups is 1. The summed E-state index contributed by atoms with van der Waals surface area (Å²) in [5, 5.41) is 13.2. The summed E-state index contributed by atoms with van der Waals surface area (Å²) >= 11 is 1.35. The molecule has 1 N–H and O–H groups in total. The van der Waals surface area contributed by atoms with Gasteiger partial charge in [-0.3, -0.25) is 14.0 Å². The third-order valence-electron chi connectivity index (χ3n) is 6.91. The normalized spacial score (nSPS) is 18.4. The van der Waals surface area contributed by atoms with Gasteiger partial charge in [-0.15, -0.1) is 10.2 Å². The van der Waals surface area contributed by atoms with Crippen LogP contribution in [0.25, 0.3) is 22.4 Å². The highest BCUT2D eigenvalue weighted by Crippen LogP contribution is 2.27. The van der Waals surface area contributed by atoms with E-state index in [2.05, 4.69) is 36.3 Å². The zero-order valence-electron chi connectivity index (χ0n) is 20.4. The Hall–Kier alpha value is -3.13. The van der Waals surface area contributed by atoms with E-state index < -0.39 is 0 Å². The van der Waals surface area contributed by atoms with Crippen LogP contribution in [0.3, 0.4) is 0 Å². The lowest BCUT2D eigenvalue weighted by Gasteiger charge is -2.26. The van der Waals surface area contributed by atoms with Crippen LogP contribution in [-0.2, 0) is 4.79 Å². The second-order valence-electron chi connectivity index (χ2n) is 9.80. The number of amides is 1. The lowest BCUT2D eigenvalue weighted by molar-refractivity contribution is -0.119. The van der Waals surface area contributed by atoms with Gasteiger partial charge < -0.3 is 5.32 Å². The van der Waals surface area contributed by atoms with Gasteiger partial charge in [-0.25, -0.2) is 4.57 Å². The number of thioether (sulfide) groups is 1. The Morgan fingerprint density at radius 2 is 1.77 bits per heavy atom. The number of carbonyl (C=O) groups excluding carboxylic acids is 1. The average Bonchev–Trinajstić information content (AvgIpc) is 3.28. The van der Waals surface area contributed by atoms with E-state index in [0.29, 0.717) is 16.3 Å². The summed E-state index contributed by atoms with van der Waals surface area (Å²) < 4.78 is 3.55. The molecule has 2 aromatic heterocycles. The van der Waals surface area contributed by atoms with Crippen LogP contribution in [0.1, 0.15) is 57.9 Å². The first kappa shape index (κ1) is 23.6. The Morgan fingerprint density at radius 3 is 2.54 bits per heavy atom. The first-order chi connectivity index (χ1) is 16.9. The van der Waals surface area contributed by atoms with Gasteiger partial charge in [0.05, 0.1) is 22.3 Å². The summed E-state index contributed by atoms with van der Waals surface area (Å²) in [7, 11) is 0. The number of nitrogens with one attached hydrogen (secondary N) is 1. The molecule has 0 unspecified atom stereocenters. The third-order valence-corrected chi connectivity index (χ3v) is 7.84. The van der Waals surface area contributed by atoms with Crippen molar-refractivity contribution in [3.8, 4) is 5.69 Å². The average molecular weight is 490 g/mol. The van der Waals surface area contributed by atoms with Crippen LogP contribution in [0.2, 0.25) is 0 Å². The van der Waals surface area contributed by atoms with E-state index in [-0.39, 0.29) is 29.2 Å². The summed E-state index contributed by atoms with van der Waals surface area (Å²) in [6.07, 6.45) is 4.40. The molecule has 0 atom stereocenters. The van der Waals surface area contributed by atoms with Crippen molar-refractivity contribution in [3.63, 3.8) is 0 Å². The molecular formula is C27H31N5O2S. The molecule has 1 amide bonds. The fourth-order valence-electron chi connectivity index (χ4n) is 4.97. The molecule has 1 fully saturated rings. The van der Waals surface area contributed by atoms with Gasteiger partial charge in [0.15, 0.2) is 5.16 Å². The van der Waals surface area contributed by atoms with Crippen LogP contribution in [0, 0.1) is 5.92 Å². The molecule has 182 valence electrons.